The molecule has 148 valence electrons. The average molecular weight is 395 g/mol. The number of hydrogen-bond acceptors (Lipinski definition) is 2. The number of rotatable bonds is 6. The second-order valence-corrected chi connectivity index (χ2v) is 6.38. The van der Waals surface area contributed by atoms with Crippen molar-refractivity contribution in [2.24, 2.45) is 0 Å². The van der Waals surface area contributed by atoms with Gasteiger partial charge < -0.3 is 4.74 Å². The number of pyridine rings is 1. The maximum absolute atomic E-state index is 13.9. The molecule has 3 aromatic rings. The lowest BCUT2D eigenvalue weighted by Gasteiger charge is -2.13. The van der Waals surface area contributed by atoms with Crippen LogP contribution in [0.4, 0.5) is 13.2 Å². The van der Waals surface area contributed by atoms with Crippen molar-refractivity contribution in [3.63, 3.8) is 0 Å². The molecular formula is C24H20F3NO. The molecule has 5 heteroatoms. The third-order valence-electron chi connectivity index (χ3n) is 4.37. The van der Waals surface area contributed by atoms with Crippen molar-refractivity contribution in [3.05, 3.63) is 107 Å². The van der Waals surface area contributed by atoms with Crippen molar-refractivity contribution in [1.29, 1.82) is 0 Å². The standard InChI is InChI=1S/C24H20F3NO/c1-3-4-8-24(29-15-20-21(26)6-5-7-22(20)27)23-14-13-19(16(2)28-23)17-9-11-18(25)12-10-17/h3-14H,15H2,1-2H3/b4-3-,24-8+. The number of allylic oxidation sites excluding steroid dienone is 3. The molecule has 0 aliphatic carbocycles. The fourth-order valence-corrected chi connectivity index (χ4v) is 2.84. The van der Waals surface area contributed by atoms with Gasteiger partial charge in [0.2, 0.25) is 0 Å². The highest BCUT2D eigenvalue weighted by atomic mass is 19.1. The van der Waals surface area contributed by atoms with Crippen LogP contribution >= 0.6 is 0 Å². The van der Waals surface area contributed by atoms with Gasteiger partial charge in [-0.2, -0.15) is 0 Å². The molecule has 0 saturated carbocycles. The smallest absolute Gasteiger partial charge is 0.145 e. The topological polar surface area (TPSA) is 22.1 Å². The maximum atomic E-state index is 13.9. The normalized spacial score (nSPS) is 11.8. The zero-order chi connectivity index (χ0) is 20.8. The number of aryl methyl sites for hydroxylation is 1. The van der Waals surface area contributed by atoms with Crippen LogP contribution in [0.5, 0.6) is 0 Å². The van der Waals surface area contributed by atoms with Crippen LogP contribution in [0.15, 0.2) is 72.8 Å². The van der Waals surface area contributed by atoms with E-state index in [0.29, 0.717) is 11.5 Å². The summed E-state index contributed by atoms with van der Waals surface area (Å²) in [5, 5.41) is 0. The van der Waals surface area contributed by atoms with Gasteiger partial charge in [-0.05, 0) is 55.8 Å². The van der Waals surface area contributed by atoms with E-state index in [4.69, 9.17) is 4.74 Å². The first-order valence-corrected chi connectivity index (χ1v) is 9.12. The summed E-state index contributed by atoms with van der Waals surface area (Å²) in [7, 11) is 0. The Bertz CT molecular complexity index is 1040. The third-order valence-corrected chi connectivity index (χ3v) is 4.37. The van der Waals surface area contributed by atoms with Crippen molar-refractivity contribution in [2.75, 3.05) is 0 Å². The molecule has 0 unspecified atom stereocenters. The van der Waals surface area contributed by atoms with E-state index < -0.39 is 11.6 Å². The minimum Gasteiger partial charge on any atom is -0.486 e. The van der Waals surface area contributed by atoms with Crippen LogP contribution in [0.3, 0.4) is 0 Å². The molecule has 0 fully saturated rings. The molecule has 29 heavy (non-hydrogen) atoms. The van der Waals surface area contributed by atoms with E-state index in [0.717, 1.165) is 16.8 Å². The first-order chi connectivity index (χ1) is 14.0. The van der Waals surface area contributed by atoms with Gasteiger partial charge >= 0.3 is 0 Å². The summed E-state index contributed by atoms with van der Waals surface area (Å²) in [6.07, 6.45) is 5.27. The molecule has 0 radical (unpaired) electrons. The fraction of sp³-hybridized carbons (Fsp3) is 0.125. The molecule has 0 saturated heterocycles. The molecular weight excluding hydrogens is 375 g/mol. The number of nitrogens with zero attached hydrogens (tertiary/aromatic N) is 1. The molecule has 0 spiro atoms. The Morgan fingerprint density at radius 3 is 2.28 bits per heavy atom. The van der Waals surface area contributed by atoms with E-state index in [-0.39, 0.29) is 18.0 Å². The van der Waals surface area contributed by atoms with Crippen molar-refractivity contribution in [3.8, 4) is 11.1 Å². The van der Waals surface area contributed by atoms with E-state index >= 15 is 0 Å². The van der Waals surface area contributed by atoms with Gasteiger partial charge in [0, 0.05) is 11.3 Å². The predicted octanol–water partition coefficient (Wildman–Crippen LogP) is 6.61. The van der Waals surface area contributed by atoms with Gasteiger partial charge in [-0.1, -0.05) is 36.4 Å². The van der Waals surface area contributed by atoms with Crippen LogP contribution in [0.2, 0.25) is 0 Å². The van der Waals surface area contributed by atoms with Crippen LogP contribution in [0.25, 0.3) is 16.9 Å². The van der Waals surface area contributed by atoms with Crippen LogP contribution in [0.1, 0.15) is 23.9 Å². The number of halogens is 3. The summed E-state index contributed by atoms with van der Waals surface area (Å²) in [5.41, 5.74) is 2.82. The first-order valence-electron chi connectivity index (χ1n) is 9.12. The van der Waals surface area contributed by atoms with Crippen molar-refractivity contribution >= 4 is 5.76 Å². The monoisotopic (exact) mass is 395 g/mol. The minimum atomic E-state index is -0.661. The van der Waals surface area contributed by atoms with E-state index in [2.05, 4.69) is 4.98 Å². The van der Waals surface area contributed by atoms with Crippen LogP contribution in [0, 0.1) is 24.4 Å². The lowest BCUT2D eigenvalue weighted by atomic mass is 10.0. The number of hydrogen-bond donors (Lipinski definition) is 0. The summed E-state index contributed by atoms with van der Waals surface area (Å²) in [6, 6.07) is 13.5. The SMILES string of the molecule is C/C=C\C=C(\OCc1c(F)cccc1F)c1ccc(-c2ccc(F)cc2)c(C)n1. The lowest BCUT2D eigenvalue weighted by molar-refractivity contribution is 0.252. The van der Waals surface area contributed by atoms with Gasteiger partial charge in [-0.25, -0.2) is 18.2 Å². The minimum absolute atomic E-state index is 0.140. The van der Waals surface area contributed by atoms with Crippen molar-refractivity contribution < 1.29 is 17.9 Å². The van der Waals surface area contributed by atoms with Gasteiger partial charge in [-0.3, -0.25) is 0 Å². The number of aromatic nitrogens is 1. The average Bonchev–Trinajstić information content (AvgIpc) is 2.70. The number of benzene rings is 2. The third kappa shape index (κ3) is 4.93. The van der Waals surface area contributed by atoms with Crippen LogP contribution in [-0.4, -0.2) is 4.98 Å². The molecule has 0 amide bonds. The van der Waals surface area contributed by atoms with E-state index in [1.54, 1.807) is 30.4 Å². The van der Waals surface area contributed by atoms with Gasteiger partial charge in [0.05, 0.1) is 5.56 Å². The van der Waals surface area contributed by atoms with Gasteiger partial charge in [0.1, 0.15) is 35.5 Å². The second-order valence-electron chi connectivity index (χ2n) is 6.38. The van der Waals surface area contributed by atoms with Crippen molar-refractivity contribution in [1.82, 2.24) is 4.98 Å². The summed E-state index contributed by atoms with van der Waals surface area (Å²) in [4.78, 5) is 4.57. The Kier molecular flexibility index (Phi) is 6.50. The zero-order valence-corrected chi connectivity index (χ0v) is 16.1. The highest BCUT2D eigenvalue weighted by Gasteiger charge is 2.13. The summed E-state index contributed by atoms with van der Waals surface area (Å²) in [5.74, 6) is -1.24. The molecule has 0 aliphatic rings. The molecule has 0 bridgehead atoms. The molecule has 0 atom stereocenters. The molecule has 0 N–H and O–H groups in total. The molecule has 1 aromatic heterocycles. The van der Waals surface area contributed by atoms with E-state index in [1.165, 1.54) is 30.3 Å². The van der Waals surface area contributed by atoms with Gasteiger partial charge in [0.15, 0.2) is 0 Å². The molecule has 2 aromatic carbocycles. The highest BCUT2D eigenvalue weighted by Crippen LogP contribution is 2.26. The Morgan fingerprint density at radius 2 is 1.66 bits per heavy atom. The largest absolute Gasteiger partial charge is 0.486 e. The van der Waals surface area contributed by atoms with Gasteiger partial charge in [-0.15, -0.1) is 0 Å². The molecule has 1 heterocycles. The Balaban J connectivity index is 1.89. The Hall–Kier alpha value is -3.34. The highest BCUT2D eigenvalue weighted by molar-refractivity contribution is 5.68. The summed E-state index contributed by atoms with van der Waals surface area (Å²) in [6.45, 7) is 3.43. The van der Waals surface area contributed by atoms with E-state index in [1.807, 2.05) is 26.0 Å². The Morgan fingerprint density at radius 1 is 0.966 bits per heavy atom. The second kappa shape index (κ2) is 9.24. The molecule has 3 rings (SSSR count). The lowest BCUT2D eigenvalue weighted by Crippen LogP contribution is -2.02. The fourth-order valence-electron chi connectivity index (χ4n) is 2.84. The van der Waals surface area contributed by atoms with Crippen LogP contribution < -0.4 is 0 Å². The predicted molar refractivity (Wildman–Crippen MR) is 108 cm³/mol. The summed E-state index contributed by atoms with van der Waals surface area (Å²) >= 11 is 0. The van der Waals surface area contributed by atoms with Crippen LogP contribution in [-0.2, 0) is 11.3 Å². The quantitative estimate of drug-likeness (QED) is 0.346. The first kappa shape index (κ1) is 20.4. The summed E-state index contributed by atoms with van der Waals surface area (Å²) < 4.78 is 46.7. The van der Waals surface area contributed by atoms with E-state index in [9.17, 15) is 13.2 Å². The Labute approximate surface area is 168 Å². The molecule has 2 nitrogen and oxygen atoms in total. The maximum Gasteiger partial charge on any atom is 0.145 e. The van der Waals surface area contributed by atoms with Crippen molar-refractivity contribution in [2.45, 2.75) is 20.5 Å². The molecule has 0 aliphatic heterocycles. The zero-order valence-electron chi connectivity index (χ0n) is 16.1. The van der Waals surface area contributed by atoms with Gasteiger partial charge in [0.25, 0.3) is 0 Å². The number of ether oxygens (including phenoxy) is 1.